The molecule has 0 aliphatic carbocycles. The Morgan fingerprint density at radius 1 is 1.26 bits per heavy atom. The summed E-state index contributed by atoms with van der Waals surface area (Å²) in [6.07, 6.45) is 1.46. The molecule has 0 aliphatic rings. The molecule has 23 heavy (non-hydrogen) atoms. The predicted molar refractivity (Wildman–Crippen MR) is 91.8 cm³/mol. The lowest BCUT2D eigenvalue weighted by Crippen LogP contribution is -2.24. The smallest absolute Gasteiger partial charge is 0.332 e. The molecule has 0 aromatic heterocycles. The van der Waals surface area contributed by atoms with Gasteiger partial charge in [-0.2, -0.15) is 5.10 Å². The van der Waals surface area contributed by atoms with Gasteiger partial charge in [-0.3, -0.25) is 0 Å². The van der Waals surface area contributed by atoms with Crippen molar-refractivity contribution in [1.29, 1.82) is 0 Å². The molecule has 2 rings (SSSR count). The van der Waals surface area contributed by atoms with Crippen LogP contribution < -0.4 is 20.6 Å². The molecule has 0 atom stereocenters. The number of benzene rings is 2. The molecule has 0 bridgehead atoms. The molecule has 6 nitrogen and oxygen atoms in total. The monoisotopic (exact) mass is 377 g/mol. The first-order valence-corrected chi connectivity index (χ1v) is 7.51. The summed E-state index contributed by atoms with van der Waals surface area (Å²) in [4.78, 5) is 10.6. The topological polar surface area (TPSA) is 85.9 Å². The summed E-state index contributed by atoms with van der Waals surface area (Å²) in [6, 6.07) is 12.5. The van der Waals surface area contributed by atoms with Crippen molar-refractivity contribution in [3.63, 3.8) is 0 Å². The van der Waals surface area contributed by atoms with Crippen LogP contribution in [0.25, 0.3) is 0 Å². The fourth-order valence-electron chi connectivity index (χ4n) is 1.80. The van der Waals surface area contributed by atoms with Crippen LogP contribution in [-0.4, -0.2) is 19.4 Å². The molecule has 3 N–H and O–H groups in total. The molecule has 0 unspecified atom stereocenters. The molecule has 0 fully saturated rings. The number of ether oxygens (including phenoxy) is 2. The normalized spacial score (nSPS) is 10.5. The molecular formula is C16H16BrN3O3. The summed E-state index contributed by atoms with van der Waals surface area (Å²) >= 11 is 3.39. The first-order valence-electron chi connectivity index (χ1n) is 6.72. The van der Waals surface area contributed by atoms with Crippen molar-refractivity contribution >= 4 is 28.2 Å². The maximum absolute atomic E-state index is 10.6. The van der Waals surface area contributed by atoms with E-state index in [2.05, 4.69) is 26.5 Å². The highest BCUT2D eigenvalue weighted by atomic mass is 79.9. The van der Waals surface area contributed by atoms with Crippen molar-refractivity contribution in [2.75, 3.05) is 7.11 Å². The van der Waals surface area contributed by atoms with E-state index < -0.39 is 6.03 Å². The Kier molecular flexibility index (Phi) is 5.99. The molecule has 0 saturated carbocycles. The van der Waals surface area contributed by atoms with Crippen LogP contribution in [0.2, 0.25) is 0 Å². The van der Waals surface area contributed by atoms with Gasteiger partial charge in [-0.05, 0) is 41.5 Å². The first-order chi connectivity index (χ1) is 11.1. The number of carbonyl (C=O) groups is 1. The quantitative estimate of drug-likeness (QED) is 0.599. The number of hydrogen-bond acceptors (Lipinski definition) is 4. The summed E-state index contributed by atoms with van der Waals surface area (Å²) in [5, 5.41) is 3.70. The number of primary amides is 1. The van der Waals surface area contributed by atoms with Crippen molar-refractivity contribution in [3.8, 4) is 11.5 Å². The van der Waals surface area contributed by atoms with Crippen LogP contribution in [0.1, 0.15) is 11.1 Å². The molecule has 2 amide bonds. The van der Waals surface area contributed by atoms with E-state index in [4.69, 9.17) is 15.2 Å². The Morgan fingerprint density at radius 2 is 2.00 bits per heavy atom. The minimum atomic E-state index is -0.720. The maximum Gasteiger partial charge on any atom is 0.332 e. The predicted octanol–water partition coefficient (Wildman–Crippen LogP) is 3.04. The van der Waals surface area contributed by atoms with Gasteiger partial charge in [0, 0.05) is 4.47 Å². The molecule has 0 aliphatic heterocycles. The second-order valence-corrected chi connectivity index (χ2v) is 5.48. The lowest BCUT2D eigenvalue weighted by Gasteiger charge is -2.11. The van der Waals surface area contributed by atoms with Crippen molar-refractivity contribution in [1.82, 2.24) is 5.43 Å². The number of nitrogens with two attached hydrogens (primary N) is 1. The lowest BCUT2D eigenvalue weighted by atomic mass is 10.2. The third-order valence-electron chi connectivity index (χ3n) is 2.88. The summed E-state index contributed by atoms with van der Waals surface area (Å²) in [6.45, 7) is 0.431. The average Bonchev–Trinajstić information content (AvgIpc) is 2.54. The zero-order chi connectivity index (χ0) is 16.7. The second kappa shape index (κ2) is 8.19. The van der Waals surface area contributed by atoms with Crippen LogP contribution in [0.3, 0.4) is 0 Å². The SMILES string of the molecule is COc1cc(C=NNC(N)=O)ccc1OCc1ccc(Br)cc1. The zero-order valence-electron chi connectivity index (χ0n) is 12.5. The van der Waals surface area contributed by atoms with Crippen molar-refractivity contribution in [3.05, 3.63) is 58.1 Å². The van der Waals surface area contributed by atoms with Crippen molar-refractivity contribution < 1.29 is 14.3 Å². The van der Waals surface area contributed by atoms with Gasteiger partial charge in [0.05, 0.1) is 13.3 Å². The Bertz CT molecular complexity index is 702. The van der Waals surface area contributed by atoms with E-state index in [0.29, 0.717) is 18.1 Å². The third kappa shape index (κ3) is 5.30. The van der Waals surface area contributed by atoms with Gasteiger partial charge in [-0.15, -0.1) is 0 Å². The lowest BCUT2D eigenvalue weighted by molar-refractivity contribution is 0.249. The van der Waals surface area contributed by atoms with E-state index in [1.54, 1.807) is 25.3 Å². The molecule has 0 spiro atoms. The Hall–Kier alpha value is -2.54. The average molecular weight is 378 g/mol. The van der Waals surface area contributed by atoms with E-state index in [0.717, 1.165) is 15.6 Å². The van der Waals surface area contributed by atoms with Gasteiger partial charge in [0.1, 0.15) is 6.61 Å². The van der Waals surface area contributed by atoms with Gasteiger partial charge in [0.25, 0.3) is 0 Å². The minimum absolute atomic E-state index is 0.431. The summed E-state index contributed by atoms with van der Waals surface area (Å²) in [5.41, 5.74) is 8.85. The zero-order valence-corrected chi connectivity index (χ0v) is 14.0. The molecule has 7 heteroatoms. The highest BCUT2D eigenvalue weighted by molar-refractivity contribution is 9.10. The number of hydrazone groups is 1. The third-order valence-corrected chi connectivity index (χ3v) is 3.41. The van der Waals surface area contributed by atoms with Gasteiger partial charge in [-0.1, -0.05) is 28.1 Å². The summed E-state index contributed by atoms with van der Waals surface area (Å²) in [5.74, 6) is 1.19. The first kappa shape index (κ1) is 16.8. The molecule has 2 aromatic carbocycles. The number of rotatable bonds is 6. The van der Waals surface area contributed by atoms with Crippen molar-refractivity contribution in [2.24, 2.45) is 10.8 Å². The number of methoxy groups -OCH3 is 1. The summed E-state index contributed by atoms with van der Waals surface area (Å²) < 4.78 is 12.1. The fourth-order valence-corrected chi connectivity index (χ4v) is 2.06. The molecular weight excluding hydrogens is 362 g/mol. The Labute approximate surface area is 142 Å². The van der Waals surface area contributed by atoms with E-state index in [-0.39, 0.29) is 0 Å². The largest absolute Gasteiger partial charge is 0.493 e. The number of nitrogens with one attached hydrogen (secondary N) is 1. The van der Waals surface area contributed by atoms with E-state index in [1.807, 2.05) is 24.3 Å². The van der Waals surface area contributed by atoms with Crippen molar-refractivity contribution in [2.45, 2.75) is 6.61 Å². The van der Waals surface area contributed by atoms with E-state index in [9.17, 15) is 4.79 Å². The molecule has 0 radical (unpaired) electrons. The Balaban J connectivity index is 2.05. The molecule has 2 aromatic rings. The Morgan fingerprint density at radius 3 is 2.65 bits per heavy atom. The van der Waals surface area contributed by atoms with E-state index in [1.165, 1.54) is 6.21 Å². The maximum atomic E-state index is 10.6. The number of urea groups is 1. The number of hydrogen-bond donors (Lipinski definition) is 2. The van der Waals surface area contributed by atoms with Crippen LogP contribution >= 0.6 is 15.9 Å². The number of nitrogens with zero attached hydrogens (tertiary/aromatic N) is 1. The summed E-state index contributed by atoms with van der Waals surface area (Å²) in [7, 11) is 1.56. The van der Waals surface area contributed by atoms with Crippen LogP contribution in [0.5, 0.6) is 11.5 Å². The van der Waals surface area contributed by atoms with E-state index >= 15 is 0 Å². The standard InChI is InChI=1S/C16H16BrN3O3/c1-22-15-8-12(9-19-20-16(18)21)4-7-14(15)23-10-11-2-5-13(17)6-3-11/h2-9H,10H2,1H3,(H3,18,20,21). The van der Waals surface area contributed by atoms with Gasteiger partial charge in [0.2, 0.25) is 0 Å². The van der Waals surface area contributed by atoms with Crippen LogP contribution in [0, 0.1) is 0 Å². The van der Waals surface area contributed by atoms with Gasteiger partial charge < -0.3 is 15.2 Å². The second-order valence-electron chi connectivity index (χ2n) is 4.56. The fraction of sp³-hybridized carbons (Fsp3) is 0.125. The van der Waals surface area contributed by atoms with Gasteiger partial charge in [-0.25, -0.2) is 10.2 Å². The molecule has 0 heterocycles. The molecule has 120 valence electrons. The number of carbonyl (C=O) groups excluding carboxylic acids is 1. The highest BCUT2D eigenvalue weighted by Crippen LogP contribution is 2.28. The van der Waals surface area contributed by atoms with Gasteiger partial charge in [0.15, 0.2) is 11.5 Å². The number of amides is 2. The minimum Gasteiger partial charge on any atom is -0.493 e. The highest BCUT2D eigenvalue weighted by Gasteiger charge is 2.05. The number of halogens is 1. The van der Waals surface area contributed by atoms with Gasteiger partial charge >= 0.3 is 6.03 Å². The molecule has 0 saturated heterocycles. The van der Waals surface area contributed by atoms with Crippen LogP contribution in [-0.2, 0) is 6.61 Å². The van der Waals surface area contributed by atoms with Crippen LogP contribution in [0.15, 0.2) is 52.0 Å². The van der Waals surface area contributed by atoms with Crippen LogP contribution in [0.4, 0.5) is 4.79 Å².